The quantitative estimate of drug-likeness (QED) is 0.753. The number of carboxylic acids is 1. The minimum atomic E-state index is -0.687. The van der Waals surface area contributed by atoms with E-state index in [9.17, 15) is 4.79 Å². The minimum absolute atomic E-state index is 0.169. The highest BCUT2D eigenvalue weighted by Crippen LogP contribution is 2.26. The molecule has 0 spiro atoms. The second-order valence-corrected chi connectivity index (χ2v) is 5.65. The van der Waals surface area contributed by atoms with Crippen LogP contribution >= 0.6 is 0 Å². The van der Waals surface area contributed by atoms with Crippen molar-refractivity contribution in [3.8, 4) is 0 Å². The lowest BCUT2D eigenvalue weighted by atomic mass is 9.80. The first-order valence-electron chi connectivity index (χ1n) is 5.87. The first kappa shape index (κ1) is 12.5. The van der Waals surface area contributed by atoms with Crippen LogP contribution in [0.3, 0.4) is 0 Å². The Kier molecular flexibility index (Phi) is 4.14. The number of carboxylic acid groups (broad SMARTS) is 1. The maximum absolute atomic E-state index is 11.1. The molecule has 88 valence electrons. The third-order valence-corrected chi connectivity index (χ3v) is 3.31. The fourth-order valence-corrected chi connectivity index (χ4v) is 2.18. The molecule has 1 aliphatic carbocycles. The van der Waals surface area contributed by atoms with Crippen LogP contribution in [0.2, 0.25) is 0 Å². The summed E-state index contributed by atoms with van der Waals surface area (Å²) in [5.41, 5.74) is -0.169. The van der Waals surface area contributed by atoms with Crippen LogP contribution in [-0.2, 0) is 4.79 Å². The van der Waals surface area contributed by atoms with Gasteiger partial charge in [-0.25, -0.2) is 0 Å². The monoisotopic (exact) mass is 213 g/mol. The number of rotatable bonds is 4. The van der Waals surface area contributed by atoms with Gasteiger partial charge in [0, 0.05) is 12.6 Å². The highest BCUT2D eigenvalue weighted by molar-refractivity contribution is 5.71. The first-order valence-corrected chi connectivity index (χ1v) is 5.87. The van der Waals surface area contributed by atoms with Gasteiger partial charge in [-0.3, -0.25) is 4.79 Å². The summed E-state index contributed by atoms with van der Waals surface area (Å²) in [6.07, 6.45) is 4.98. The van der Waals surface area contributed by atoms with Gasteiger partial charge in [-0.2, -0.15) is 0 Å². The van der Waals surface area contributed by atoms with Gasteiger partial charge < -0.3 is 10.4 Å². The molecule has 1 aliphatic rings. The van der Waals surface area contributed by atoms with Gasteiger partial charge in [0.1, 0.15) is 0 Å². The van der Waals surface area contributed by atoms with E-state index >= 15 is 0 Å². The average molecular weight is 213 g/mol. The normalized spacial score (nSPS) is 20.5. The van der Waals surface area contributed by atoms with E-state index < -0.39 is 5.97 Å². The average Bonchev–Trinajstić information content (AvgIpc) is 2.53. The summed E-state index contributed by atoms with van der Waals surface area (Å²) in [5, 5.41) is 12.5. The third kappa shape index (κ3) is 3.82. The van der Waals surface area contributed by atoms with Gasteiger partial charge in [-0.05, 0) is 18.3 Å². The molecule has 2 N–H and O–H groups in total. The molecule has 0 aromatic heterocycles. The van der Waals surface area contributed by atoms with Crippen LogP contribution in [0, 0.1) is 11.3 Å². The molecule has 0 aliphatic heterocycles. The van der Waals surface area contributed by atoms with Crippen LogP contribution in [0.4, 0.5) is 0 Å². The zero-order valence-corrected chi connectivity index (χ0v) is 10.0. The van der Waals surface area contributed by atoms with Crippen LogP contribution in [0.1, 0.15) is 46.5 Å². The van der Waals surface area contributed by atoms with Crippen LogP contribution in [-0.4, -0.2) is 23.7 Å². The Hall–Kier alpha value is -0.570. The van der Waals surface area contributed by atoms with Crippen molar-refractivity contribution in [3.63, 3.8) is 0 Å². The van der Waals surface area contributed by atoms with Crippen LogP contribution < -0.4 is 5.32 Å². The molecule has 0 aromatic rings. The molecule has 1 unspecified atom stereocenters. The zero-order valence-electron chi connectivity index (χ0n) is 10.0. The molecular formula is C12H23NO2. The summed E-state index contributed by atoms with van der Waals surface area (Å²) in [7, 11) is 0. The highest BCUT2D eigenvalue weighted by atomic mass is 16.4. The van der Waals surface area contributed by atoms with E-state index in [4.69, 9.17) is 5.11 Å². The van der Waals surface area contributed by atoms with Crippen molar-refractivity contribution >= 4 is 5.97 Å². The highest BCUT2D eigenvalue weighted by Gasteiger charge is 2.31. The molecule has 0 aromatic carbocycles. The molecule has 0 radical (unpaired) electrons. The number of hydrogen-bond donors (Lipinski definition) is 2. The molecule has 1 saturated carbocycles. The molecule has 3 nitrogen and oxygen atoms in total. The van der Waals surface area contributed by atoms with Gasteiger partial charge in [0.25, 0.3) is 0 Å². The molecule has 1 atom stereocenters. The molecule has 15 heavy (non-hydrogen) atoms. The van der Waals surface area contributed by atoms with Crippen LogP contribution in [0.5, 0.6) is 0 Å². The van der Waals surface area contributed by atoms with Crippen molar-refractivity contribution in [2.45, 2.75) is 52.5 Å². The number of hydrogen-bond acceptors (Lipinski definition) is 2. The number of nitrogens with one attached hydrogen (secondary N) is 1. The third-order valence-electron chi connectivity index (χ3n) is 3.31. The second-order valence-electron chi connectivity index (χ2n) is 5.65. The standard InChI is InChI=1S/C12H23NO2/c1-12(2,3)10(11(14)15)8-13-9-6-4-5-7-9/h9-10,13H,4-8H2,1-3H3,(H,14,15). The zero-order chi connectivity index (χ0) is 11.5. The van der Waals surface area contributed by atoms with E-state index in [0.29, 0.717) is 12.6 Å². The minimum Gasteiger partial charge on any atom is -0.481 e. The van der Waals surface area contributed by atoms with E-state index in [1.165, 1.54) is 25.7 Å². The summed E-state index contributed by atoms with van der Waals surface area (Å²) >= 11 is 0. The van der Waals surface area contributed by atoms with Crippen LogP contribution in [0.15, 0.2) is 0 Å². The maximum Gasteiger partial charge on any atom is 0.308 e. The Bertz CT molecular complexity index is 214. The SMILES string of the molecule is CC(C)(C)C(CNC1CCCC1)C(=O)O. The molecule has 0 saturated heterocycles. The van der Waals surface area contributed by atoms with Gasteiger partial charge >= 0.3 is 5.97 Å². The molecule has 0 heterocycles. The summed E-state index contributed by atoms with van der Waals surface area (Å²) in [6, 6.07) is 0.550. The Morgan fingerprint density at radius 1 is 1.40 bits per heavy atom. The number of aliphatic carboxylic acids is 1. The molecule has 0 amide bonds. The number of carbonyl (C=O) groups is 1. The molecular weight excluding hydrogens is 190 g/mol. The smallest absolute Gasteiger partial charge is 0.308 e. The summed E-state index contributed by atoms with van der Waals surface area (Å²) in [4.78, 5) is 11.1. The van der Waals surface area contributed by atoms with Crippen molar-refractivity contribution in [3.05, 3.63) is 0 Å². The van der Waals surface area contributed by atoms with E-state index in [1.807, 2.05) is 20.8 Å². The van der Waals surface area contributed by atoms with Gasteiger partial charge in [0.15, 0.2) is 0 Å². The second kappa shape index (κ2) is 4.97. The van der Waals surface area contributed by atoms with Crippen molar-refractivity contribution in [1.29, 1.82) is 0 Å². The first-order chi connectivity index (χ1) is 6.91. The Morgan fingerprint density at radius 2 is 1.93 bits per heavy atom. The van der Waals surface area contributed by atoms with Crippen molar-refractivity contribution < 1.29 is 9.90 Å². The lowest BCUT2D eigenvalue weighted by molar-refractivity contribution is -0.145. The van der Waals surface area contributed by atoms with Gasteiger partial charge in [0.05, 0.1) is 5.92 Å². The van der Waals surface area contributed by atoms with Gasteiger partial charge in [-0.1, -0.05) is 33.6 Å². The lowest BCUT2D eigenvalue weighted by Crippen LogP contribution is -2.40. The fraction of sp³-hybridized carbons (Fsp3) is 0.917. The Morgan fingerprint density at radius 3 is 2.33 bits per heavy atom. The van der Waals surface area contributed by atoms with Crippen molar-refractivity contribution in [1.82, 2.24) is 5.32 Å². The Labute approximate surface area is 92.3 Å². The van der Waals surface area contributed by atoms with E-state index in [2.05, 4.69) is 5.32 Å². The topological polar surface area (TPSA) is 49.3 Å². The largest absolute Gasteiger partial charge is 0.481 e. The van der Waals surface area contributed by atoms with Gasteiger partial charge in [0.2, 0.25) is 0 Å². The summed E-state index contributed by atoms with van der Waals surface area (Å²) in [5.74, 6) is -0.980. The van der Waals surface area contributed by atoms with E-state index in [-0.39, 0.29) is 11.3 Å². The molecule has 1 rings (SSSR count). The predicted molar refractivity (Wildman–Crippen MR) is 60.8 cm³/mol. The fourth-order valence-electron chi connectivity index (χ4n) is 2.18. The van der Waals surface area contributed by atoms with Crippen molar-refractivity contribution in [2.24, 2.45) is 11.3 Å². The predicted octanol–water partition coefficient (Wildman–Crippen LogP) is 2.27. The molecule has 1 fully saturated rings. The lowest BCUT2D eigenvalue weighted by Gasteiger charge is -2.28. The maximum atomic E-state index is 11.1. The molecule has 3 heteroatoms. The van der Waals surface area contributed by atoms with E-state index in [1.54, 1.807) is 0 Å². The van der Waals surface area contributed by atoms with Crippen LogP contribution in [0.25, 0.3) is 0 Å². The molecule has 0 bridgehead atoms. The summed E-state index contributed by atoms with van der Waals surface area (Å²) < 4.78 is 0. The van der Waals surface area contributed by atoms with E-state index in [0.717, 1.165) is 0 Å². The Balaban J connectivity index is 2.41. The van der Waals surface area contributed by atoms with Crippen molar-refractivity contribution in [2.75, 3.05) is 6.54 Å². The summed E-state index contributed by atoms with van der Waals surface area (Å²) in [6.45, 7) is 6.57. The van der Waals surface area contributed by atoms with Gasteiger partial charge in [-0.15, -0.1) is 0 Å².